The van der Waals surface area contributed by atoms with Gasteiger partial charge in [-0.3, -0.25) is 4.79 Å². The van der Waals surface area contributed by atoms with Crippen LogP contribution in [-0.4, -0.2) is 42.9 Å². The largest absolute Gasteiger partial charge is 0.383 e. The number of nitrogens with one attached hydrogen (secondary N) is 2. The summed E-state index contributed by atoms with van der Waals surface area (Å²) in [6, 6.07) is 9.49. The van der Waals surface area contributed by atoms with E-state index >= 15 is 0 Å². The van der Waals surface area contributed by atoms with Crippen molar-refractivity contribution in [2.45, 2.75) is 6.42 Å². The maximum absolute atomic E-state index is 12.8. The molecule has 7 heteroatoms. The van der Waals surface area contributed by atoms with Crippen LogP contribution in [-0.2, 0) is 11.2 Å². The Labute approximate surface area is 134 Å². The molecule has 122 valence electrons. The predicted octanol–water partition coefficient (Wildman–Crippen LogP) is 1.65. The van der Waals surface area contributed by atoms with E-state index in [1.165, 1.54) is 12.1 Å². The lowest BCUT2D eigenvalue weighted by atomic mass is 10.1. The quantitative estimate of drug-likeness (QED) is 0.724. The van der Waals surface area contributed by atoms with Gasteiger partial charge in [0.1, 0.15) is 11.6 Å². The molecule has 0 aliphatic carbocycles. The number of hydrogen-bond acceptors (Lipinski definition) is 5. The highest BCUT2D eigenvalue weighted by atomic mass is 19.1. The van der Waals surface area contributed by atoms with Crippen LogP contribution >= 0.6 is 0 Å². The highest BCUT2D eigenvalue weighted by molar-refractivity contribution is 5.92. The Morgan fingerprint density at radius 1 is 1.13 bits per heavy atom. The minimum absolute atomic E-state index is 0.251. The SMILES string of the molecule is COCCNc1ccc(C(=O)NCCc2ccc(F)cc2)nn1. The second-order valence-corrected chi connectivity index (χ2v) is 4.86. The van der Waals surface area contributed by atoms with Gasteiger partial charge in [0.25, 0.3) is 5.91 Å². The summed E-state index contributed by atoms with van der Waals surface area (Å²) in [6.07, 6.45) is 0.621. The number of carbonyl (C=O) groups excluding carboxylic acids is 1. The van der Waals surface area contributed by atoms with E-state index in [0.29, 0.717) is 31.9 Å². The van der Waals surface area contributed by atoms with Gasteiger partial charge in [0.05, 0.1) is 6.61 Å². The van der Waals surface area contributed by atoms with Crippen molar-refractivity contribution >= 4 is 11.7 Å². The minimum atomic E-state index is -0.289. The normalized spacial score (nSPS) is 10.3. The number of rotatable bonds is 8. The molecule has 1 heterocycles. The van der Waals surface area contributed by atoms with Gasteiger partial charge in [-0.1, -0.05) is 12.1 Å². The number of carbonyl (C=O) groups is 1. The number of aromatic nitrogens is 2. The van der Waals surface area contributed by atoms with Crippen molar-refractivity contribution in [1.82, 2.24) is 15.5 Å². The van der Waals surface area contributed by atoms with Crippen LogP contribution in [0.15, 0.2) is 36.4 Å². The first-order valence-corrected chi connectivity index (χ1v) is 7.28. The summed E-state index contributed by atoms with van der Waals surface area (Å²) in [4.78, 5) is 11.9. The lowest BCUT2D eigenvalue weighted by Gasteiger charge is -2.06. The zero-order valence-electron chi connectivity index (χ0n) is 12.9. The van der Waals surface area contributed by atoms with Gasteiger partial charge in [0.2, 0.25) is 0 Å². The molecule has 0 atom stereocenters. The topological polar surface area (TPSA) is 76.1 Å². The molecule has 0 aliphatic heterocycles. The molecule has 0 saturated carbocycles. The van der Waals surface area contributed by atoms with Gasteiger partial charge in [-0.25, -0.2) is 4.39 Å². The van der Waals surface area contributed by atoms with Crippen molar-refractivity contribution < 1.29 is 13.9 Å². The Kier molecular flexibility index (Phi) is 6.43. The third-order valence-corrected chi connectivity index (χ3v) is 3.12. The number of amides is 1. The number of nitrogens with zero attached hydrogens (tertiary/aromatic N) is 2. The lowest BCUT2D eigenvalue weighted by molar-refractivity contribution is 0.0948. The van der Waals surface area contributed by atoms with E-state index in [9.17, 15) is 9.18 Å². The molecule has 2 rings (SSSR count). The van der Waals surface area contributed by atoms with Gasteiger partial charge in [0.15, 0.2) is 5.69 Å². The maximum Gasteiger partial charge on any atom is 0.271 e. The van der Waals surface area contributed by atoms with Crippen molar-refractivity contribution in [3.05, 3.63) is 53.5 Å². The van der Waals surface area contributed by atoms with Crippen molar-refractivity contribution in [1.29, 1.82) is 0 Å². The van der Waals surface area contributed by atoms with Crippen LogP contribution in [0.5, 0.6) is 0 Å². The van der Waals surface area contributed by atoms with Gasteiger partial charge in [-0.15, -0.1) is 10.2 Å². The zero-order chi connectivity index (χ0) is 16.5. The smallest absolute Gasteiger partial charge is 0.271 e. The predicted molar refractivity (Wildman–Crippen MR) is 84.8 cm³/mol. The molecule has 0 spiro atoms. The minimum Gasteiger partial charge on any atom is -0.383 e. The van der Waals surface area contributed by atoms with E-state index in [4.69, 9.17) is 4.74 Å². The Hall–Kier alpha value is -2.54. The summed E-state index contributed by atoms with van der Waals surface area (Å²) < 4.78 is 17.7. The third-order valence-electron chi connectivity index (χ3n) is 3.12. The number of ether oxygens (including phenoxy) is 1. The first kappa shape index (κ1) is 16.8. The molecule has 0 unspecified atom stereocenters. The highest BCUT2D eigenvalue weighted by Gasteiger charge is 2.07. The second-order valence-electron chi connectivity index (χ2n) is 4.86. The molecule has 0 fully saturated rings. The van der Waals surface area contributed by atoms with E-state index in [2.05, 4.69) is 20.8 Å². The Balaban J connectivity index is 1.77. The summed E-state index contributed by atoms with van der Waals surface area (Å²) in [5.41, 5.74) is 1.21. The number of benzene rings is 1. The fourth-order valence-corrected chi connectivity index (χ4v) is 1.89. The molecule has 1 aromatic carbocycles. The monoisotopic (exact) mass is 318 g/mol. The van der Waals surface area contributed by atoms with Gasteiger partial charge < -0.3 is 15.4 Å². The van der Waals surface area contributed by atoms with E-state index in [-0.39, 0.29) is 17.4 Å². The summed E-state index contributed by atoms with van der Waals surface area (Å²) in [7, 11) is 1.62. The number of anilines is 1. The summed E-state index contributed by atoms with van der Waals surface area (Å²) in [5, 5.41) is 13.6. The lowest BCUT2D eigenvalue weighted by Crippen LogP contribution is -2.26. The van der Waals surface area contributed by atoms with Crippen molar-refractivity contribution in [3.63, 3.8) is 0 Å². The van der Waals surface area contributed by atoms with Gasteiger partial charge in [-0.05, 0) is 36.2 Å². The summed E-state index contributed by atoms with van der Waals surface area (Å²) >= 11 is 0. The fraction of sp³-hybridized carbons (Fsp3) is 0.312. The Morgan fingerprint density at radius 2 is 1.91 bits per heavy atom. The van der Waals surface area contributed by atoms with E-state index < -0.39 is 0 Å². The highest BCUT2D eigenvalue weighted by Crippen LogP contribution is 2.04. The average Bonchev–Trinajstić information content (AvgIpc) is 2.57. The van der Waals surface area contributed by atoms with E-state index in [1.807, 2.05) is 0 Å². The van der Waals surface area contributed by atoms with Crippen molar-refractivity contribution in [3.8, 4) is 0 Å². The molecule has 2 aromatic rings. The van der Waals surface area contributed by atoms with Gasteiger partial charge in [0, 0.05) is 20.2 Å². The van der Waals surface area contributed by atoms with Crippen LogP contribution in [0.1, 0.15) is 16.1 Å². The van der Waals surface area contributed by atoms with Crippen molar-refractivity contribution in [2.24, 2.45) is 0 Å². The molecular weight excluding hydrogens is 299 g/mol. The fourth-order valence-electron chi connectivity index (χ4n) is 1.89. The van der Waals surface area contributed by atoms with Crippen LogP contribution in [0, 0.1) is 5.82 Å². The maximum atomic E-state index is 12.8. The standard InChI is InChI=1S/C16H19FN4O2/c1-23-11-10-18-15-7-6-14(20-21-15)16(22)19-9-8-12-2-4-13(17)5-3-12/h2-7H,8-11H2,1H3,(H,18,21)(H,19,22). The molecule has 1 amide bonds. The van der Waals surface area contributed by atoms with Crippen LogP contribution in [0.2, 0.25) is 0 Å². The number of halogens is 1. The Bertz CT molecular complexity index is 617. The molecule has 2 N–H and O–H groups in total. The zero-order valence-corrected chi connectivity index (χ0v) is 12.9. The molecular formula is C16H19FN4O2. The van der Waals surface area contributed by atoms with Crippen LogP contribution in [0.4, 0.5) is 10.2 Å². The number of hydrogen-bond donors (Lipinski definition) is 2. The average molecular weight is 318 g/mol. The molecule has 0 bridgehead atoms. The molecule has 0 radical (unpaired) electrons. The molecule has 0 saturated heterocycles. The first-order valence-electron chi connectivity index (χ1n) is 7.28. The summed E-state index contributed by atoms with van der Waals surface area (Å²) in [5.74, 6) is 0.0280. The van der Waals surface area contributed by atoms with Gasteiger partial charge >= 0.3 is 0 Å². The number of methoxy groups -OCH3 is 1. The molecule has 0 aliphatic rings. The third kappa shape index (κ3) is 5.63. The van der Waals surface area contributed by atoms with E-state index in [0.717, 1.165) is 5.56 Å². The molecule has 23 heavy (non-hydrogen) atoms. The summed E-state index contributed by atoms with van der Waals surface area (Å²) in [6.45, 7) is 1.63. The van der Waals surface area contributed by atoms with Crippen LogP contribution < -0.4 is 10.6 Å². The van der Waals surface area contributed by atoms with Crippen molar-refractivity contribution in [2.75, 3.05) is 32.1 Å². The van der Waals surface area contributed by atoms with Crippen LogP contribution in [0.3, 0.4) is 0 Å². The van der Waals surface area contributed by atoms with Crippen LogP contribution in [0.25, 0.3) is 0 Å². The first-order chi connectivity index (χ1) is 11.2. The second kappa shape index (κ2) is 8.79. The molecule has 1 aromatic heterocycles. The van der Waals surface area contributed by atoms with E-state index in [1.54, 1.807) is 31.4 Å². The molecule has 6 nitrogen and oxygen atoms in total. The Morgan fingerprint density at radius 3 is 2.57 bits per heavy atom. The van der Waals surface area contributed by atoms with Gasteiger partial charge in [-0.2, -0.15) is 0 Å².